The molecule has 2 N–H and O–H groups in total. The number of carbonyl (C=O) groups is 1. The summed E-state index contributed by atoms with van der Waals surface area (Å²) in [7, 11) is 1.11. The predicted molar refractivity (Wildman–Crippen MR) is 88.1 cm³/mol. The first kappa shape index (κ1) is 18.1. The third-order valence-electron chi connectivity index (χ3n) is 3.96. The van der Waals surface area contributed by atoms with Crippen LogP contribution in [0.2, 0.25) is 0 Å². The number of rotatable bonds is 3. The third kappa shape index (κ3) is 3.90. The third-order valence-corrected chi connectivity index (χ3v) is 3.96. The van der Waals surface area contributed by atoms with Crippen molar-refractivity contribution in [3.05, 3.63) is 30.1 Å². The highest BCUT2D eigenvalue weighted by atomic mass is 19.4. The molecule has 1 aliphatic heterocycles. The number of amides is 1. The fourth-order valence-electron chi connectivity index (χ4n) is 2.67. The molecule has 0 aromatic carbocycles. The molecule has 7 nitrogen and oxygen atoms in total. The van der Waals surface area contributed by atoms with E-state index in [4.69, 9.17) is 4.74 Å². The molecule has 0 atom stereocenters. The van der Waals surface area contributed by atoms with Gasteiger partial charge in [-0.05, 0) is 12.1 Å². The number of aromatic amines is 1. The van der Waals surface area contributed by atoms with Crippen LogP contribution in [0.15, 0.2) is 24.5 Å². The van der Waals surface area contributed by atoms with Gasteiger partial charge in [-0.1, -0.05) is 0 Å². The van der Waals surface area contributed by atoms with Crippen molar-refractivity contribution in [2.75, 3.05) is 43.6 Å². The summed E-state index contributed by atoms with van der Waals surface area (Å²) < 4.78 is 50.1. The van der Waals surface area contributed by atoms with Crippen LogP contribution in [0.4, 0.5) is 29.5 Å². The van der Waals surface area contributed by atoms with Gasteiger partial charge >= 0.3 is 12.3 Å². The Morgan fingerprint density at radius 3 is 2.73 bits per heavy atom. The van der Waals surface area contributed by atoms with Crippen LogP contribution in [-0.2, 0) is 15.7 Å². The Hall–Kier alpha value is -2.75. The number of nitrogens with zero attached hydrogens (tertiary/aromatic N) is 2. The number of halogens is 3. The number of pyridine rings is 1. The molecule has 3 heterocycles. The van der Waals surface area contributed by atoms with Crippen molar-refractivity contribution < 1.29 is 27.4 Å². The van der Waals surface area contributed by atoms with Crippen LogP contribution in [0.5, 0.6) is 0 Å². The number of methoxy groups -OCH3 is 1. The molecule has 2 aromatic rings. The first-order valence-corrected chi connectivity index (χ1v) is 7.82. The molecule has 1 saturated heterocycles. The van der Waals surface area contributed by atoms with Gasteiger partial charge in [-0.15, -0.1) is 0 Å². The molecular weight excluding hydrogens is 353 g/mol. The molecule has 3 rings (SSSR count). The molecule has 0 saturated carbocycles. The topological polar surface area (TPSA) is 79.5 Å². The van der Waals surface area contributed by atoms with Gasteiger partial charge in [0.05, 0.1) is 31.6 Å². The lowest BCUT2D eigenvalue weighted by atomic mass is 10.1. The Labute approximate surface area is 147 Å². The monoisotopic (exact) mass is 370 g/mol. The van der Waals surface area contributed by atoms with E-state index in [0.717, 1.165) is 25.1 Å². The van der Waals surface area contributed by atoms with Gasteiger partial charge in [-0.2, -0.15) is 13.2 Å². The Morgan fingerprint density at radius 2 is 2.08 bits per heavy atom. The highest BCUT2D eigenvalue weighted by molar-refractivity contribution is 5.84. The number of hydrogen-bond acceptors (Lipinski definition) is 5. The van der Waals surface area contributed by atoms with E-state index < -0.39 is 17.8 Å². The molecule has 10 heteroatoms. The summed E-state index contributed by atoms with van der Waals surface area (Å²) in [4.78, 5) is 20.0. The number of alkyl halides is 3. The molecule has 2 aromatic heterocycles. The van der Waals surface area contributed by atoms with E-state index in [9.17, 15) is 18.0 Å². The lowest BCUT2D eigenvalue weighted by Crippen LogP contribution is -2.35. The van der Waals surface area contributed by atoms with Crippen LogP contribution in [-0.4, -0.2) is 49.5 Å². The zero-order chi connectivity index (χ0) is 18.7. The van der Waals surface area contributed by atoms with Gasteiger partial charge in [0.25, 0.3) is 0 Å². The molecule has 26 heavy (non-hydrogen) atoms. The normalized spacial score (nSPS) is 15.0. The predicted octanol–water partition coefficient (Wildman–Crippen LogP) is 3.11. The van der Waals surface area contributed by atoms with Crippen LogP contribution < -0.4 is 10.2 Å². The van der Waals surface area contributed by atoms with E-state index in [2.05, 4.69) is 20.0 Å². The minimum atomic E-state index is -4.62. The molecule has 1 amide bonds. The summed E-state index contributed by atoms with van der Waals surface area (Å²) in [6.07, 6.45) is -2.78. The summed E-state index contributed by atoms with van der Waals surface area (Å²) in [5, 5.41) is 2.14. The Kier molecular flexibility index (Phi) is 5.03. The minimum absolute atomic E-state index is 0.104. The van der Waals surface area contributed by atoms with Gasteiger partial charge in [0.15, 0.2) is 0 Å². The van der Waals surface area contributed by atoms with Gasteiger partial charge in [-0.25, -0.2) is 9.78 Å². The molecule has 0 unspecified atom stereocenters. The Bertz CT molecular complexity index is 785. The van der Waals surface area contributed by atoms with Crippen molar-refractivity contribution in [1.29, 1.82) is 0 Å². The van der Waals surface area contributed by atoms with Crippen molar-refractivity contribution in [2.24, 2.45) is 0 Å². The second-order valence-electron chi connectivity index (χ2n) is 5.60. The first-order valence-electron chi connectivity index (χ1n) is 7.82. The summed E-state index contributed by atoms with van der Waals surface area (Å²) in [5.74, 6) is -0.243. The van der Waals surface area contributed by atoms with Gasteiger partial charge < -0.3 is 19.4 Å². The summed E-state index contributed by atoms with van der Waals surface area (Å²) >= 11 is 0. The van der Waals surface area contributed by atoms with Crippen LogP contribution in [0, 0.1) is 0 Å². The molecule has 1 aliphatic rings. The van der Waals surface area contributed by atoms with Crippen LogP contribution >= 0.6 is 0 Å². The van der Waals surface area contributed by atoms with E-state index in [0.29, 0.717) is 26.3 Å². The maximum atomic E-state index is 13.5. The number of H-pyrrole nitrogens is 1. The fourth-order valence-corrected chi connectivity index (χ4v) is 2.67. The number of nitrogens with one attached hydrogen (secondary N) is 2. The number of anilines is 2. The van der Waals surface area contributed by atoms with Gasteiger partial charge in [-0.3, -0.25) is 5.32 Å². The lowest BCUT2D eigenvalue weighted by Gasteiger charge is -2.27. The second-order valence-corrected chi connectivity index (χ2v) is 5.60. The summed E-state index contributed by atoms with van der Waals surface area (Å²) in [6, 6.07) is 2.42. The molecule has 140 valence electrons. The maximum absolute atomic E-state index is 13.5. The number of aromatic nitrogens is 2. The average molecular weight is 370 g/mol. The zero-order valence-electron chi connectivity index (χ0n) is 13.9. The largest absolute Gasteiger partial charge is 0.453 e. The minimum Gasteiger partial charge on any atom is -0.453 e. The maximum Gasteiger partial charge on any atom is 0.417 e. The number of hydrogen-bond donors (Lipinski definition) is 2. The molecular formula is C16H17F3N4O3. The van der Waals surface area contributed by atoms with Crippen molar-refractivity contribution in [2.45, 2.75) is 6.18 Å². The van der Waals surface area contributed by atoms with E-state index in [1.54, 1.807) is 12.3 Å². The number of morpholine rings is 1. The van der Waals surface area contributed by atoms with Gasteiger partial charge in [0.2, 0.25) is 0 Å². The SMILES string of the molecule is COC(=O)Nc1cc(C(F)(F)F)c(-c2cc(N3CCOCC3)c[nH]2)cn1. The lowest BCUT2D eigenvalue weighted by molar-refractivity contribution is -0.137. The van der Waals surface area contributed by atoms with E-state index in [1.165, 1.54) is 0 Å². The number of ether oxygens (including phenoxy) is 2. The van der Waals surface area contributed by atoms with E-state index in [-0.39, 0.29) is 17.1 Å². The van der Waals surface area contributed by atoms with E-state index in [1.807, 2.05) is 4.90 Å². The quantitative estimate of drug-likeness (QED) is 0.868. The summed E-state index contributed by atoms with van der Waals surface area (Å²) in [6.45, 7) is 2.49. The summed E-state index contributed by atoms with van der Waals surface area (Å²) in [5.41, 5.74) is 0.0610. The van der Waals surface area contributed by atoms with Crippen molar-refractivity contribution in [3.63, 3.8) is 0 Å². The molecule has 1 fully saturated rings. The average Bonchev–Trinajstić information content (AvgIpc) is 3.11. The van der Waals surface area contributed by atoms with Crippen molar-refractivity contribution in [3.8, 4) is 11.3 Å². The molecule has 0 bridgehead atoms. The molecule has 0 spiro atoms. The zero-order valence-corrected chi connectivity index (χ0v) is 13.9. The van der Waals surface area contributed by atoms with Crippen LogP contribution in [0.25, 0.3) is 11.3 Å². The Balaban J connectivity index is 1.93. The highest BCUT2D eigenvalue weighted by Crippen LogP contribution is 2.38. The van der Waals surface area contributed by atoms with Crippen molar-refractivity contribution in [1.82, 2.24) is 9.97 Å². The second kappa shape index (κ2) is 7.24. The van der Waals surface area contributed by atoms with Gasteiger partial charge in [0, 0.05) is 36.7 Å². The van der Waals surface area contributed by atoms with Crippen molar-refractivity contribution >= 4 is 17.6 Å². The fraction of sp³-hybridized carbons (Fsp3) is 0.375. The smallest absolute Gasteiger partial charge is 0.417 e. The first-order chi connectivity index (χ1) is 12.4. The molecule has 0 aliphatic carbocycles. The number of carbonyl (C=O) groups excluding carboxylic acids is 1. The highest BCUT2D eigenvalue weighted by Gasteiger charge is 2.35. The Morgan fingerprint density at radius 1 is 1.35 bits per heavy atom. The molecule has 0 radical (unpaired) electrons. The standard InChI is InChI=1S/C16H17F3N4O3/c1-25-15(24)22-14-7-12(16(17,18)19)11(9-21-14)13-6-10(8-20-13)23-2-4-26-5-3-23/h6-9,20H,2-5H2,1H3,(H,21,22,24). The van der Waals surface area contributed by atoms with Gasteiger partial charge in [0.1, 0.15) is 5.82 Å². The van der Waals surface area contributed by atoms with Crippen LogP contribution in [0.1, 0.15) is 5.56 Å². The van der Waals surface area contributed by atoms with E-state index >= 15 is 0 Å². The van der Waals surface area contributed by atoms with Crippen LogP contribution in [0.3, 0.4) is 0 Å².